The largest absolute Gasteiger partial charge is 0.352 e. The van der Waals surface area contributed by atoms with Crippen LogP contribution in [0.2, 0.25) is 5.02 Å². The Bertz CT molecular complexity index is 1620. The Balaban J connectivity index is 1.79. The van der Waals surface area contributed by atoms with Gasteiger partial charge in [-0.25, -0.2) is 8.42 Å². The van der Waals surface area contributed by atoms with Crippen LogP contribution in [0.5, 0.6) is 0 Å². The van der Waals surface area contributed by atoms with Crippen LogP contribution in [-0.2, 0) is 32.6 Å². The fourth-order valence-corrected chi connectivity index (χ4v) is 6.40. The zero-order valence-corrected chi connectivity index (χ0v) is 27.0. The van der Waals surface area contributed by atoms with Gasteiger partial charge in [-0.3, -0.25) is 13.9 Å². The Morgan fingerprint density at radius 2 is 1.40 bits per heavy atom. The van der Waals surface area contributed by atoms with E-state index in [4.69, 9.17) is 11.6 Å². The summed E-state index contributed by atoms with van der Waals surface area (Å²) in [7, 11) is -4.16. The van der Waals surface area contributed by atoms with Crippen LogP contribution >= 0.6 is 27.5 Å². The van der Waals surface area contributed by atoms with Crippen molar-refractivity contribution < 1.29 is 18.0 Å². The first-order valence-electron chi connectivity index (χ1n) is 13.8. The van der Waals surface area contributed by atoms with Crippen molar-refractivity contribution in [3.63, 3.8) is 0 Å². The summed E-state index contributed by atoms with van der Waals surface area (Å²) in [5.74, 6) is -0.856. The number of amides is 2. The van der Waals surface area contributed by atoms with Crippen molar-refractivity contribution >= 4 is 55.1 Å². The van der Waals surface area contributed by atoms with E-state index in [0.717, 1.165) is 19.9 Å². The number of sulfonamides is 1. The number of nitrogens with one attached hydrogen (secondary N) is 1. The van der Waals surface area contributed by atoms with E-state index in [0.29, 0.717) is 5.02 Å². The van der Waals surface area contributed by atoms with Crippen LogP contribution in [0.25, 0.3) is 0 Å². The maximum Gasteiger partial charge on any atom is 0.264 e. The Labute approximate surface area is 266 Å². The van der Waals surface area contributed by atoms with Gasteiger partial charge >= 0.3 is 0 Å². The molecule has 0 saturated carbocycles. The second-order valence-electron chi connectivity index (χ2n) is 10.3. The fourth-order valence-electron chi connectivity index (χ4n) is 4.58. The number of halogens is 2. The number of hydrogen-bond acceptors (Lipinski definition) is 4. The van der Waals surface area contributed by atoms with Crippen molar-refractivity contribution in [2.24, 2.45) is 0 Å². The quantitative estimate of drug-likeness (QED) is 0.186. The lowest BCUT2D eigenvalue weighted by Crippen LogP contribution is -2.54. The van der Waals surface area contributed by atoms with Crippen LogP contribution in [0.3, 0.4) is 0 Å². The van der Waals surface area contributed by atoms with Gasteiger partial charge in [0.25, 0.3) is 10.0 Å². The number of rotatable bonds is 12. The molecule has 0 heterocycles. The first kappa shape index (κ1) is 32.3. The van der Waals surface area contributed by atoms with Gasteiger partial charge in [0, 0.05) is 28.5 Å². The van der Waals surface area contributed by atoms with Gasteiger partial charge in [-0.2, -0.15) is 0 Å². The maximum atomic E-state index is 14.4. The Kier molecular flexibility index (Phi) is 11.0. The van der Waals surface area contributed by atoms with E-state index >= 15 is 0 Å². The van der Waals surface area contributed by atoms with Gasteiger partial charge in [0.1, 0.15) is 12.6 Å². The van der Waals surface area contributed by atoms with Crippen molar-refractivity contribution in [2.75, 3.05) is 10.8 Å². The number of anilines is 1. The van der Waals surface area contributed by atoms with Gasteiger partial charge in [-0.05, 0) is 73.5 Å². The summed E-state index contributed by atoms with van der Waals surface area (Å²) in [5.41, 5.74) is 1.93. The molecule has 0 fully saturated rings. The summed E-state index contributed by atoms with van der Waals surface area (Å²) in [6.07, 6.45) is 0.244. The molecule has 2 amide bonds. The topological polar surface area (TPSA) is 86.8 Å². The van der Waals surface area contributed by atoms with E-state index < -0.39 is 28.5 Å². The molecule has 0 aliphatic rings. The van der Waals surface area contributed by atoms with Crippen LogP contribution in [0.4, 0.5) is 5.69 Å². The molecular formula is C33H33BrClN3O4S. The highest BCUT2D eigenvalue weighted by molar-refractivity contribution is 9.10. The lowest BCUT2D eigenvalue weighted by molar-refractivity contribution is -0.140. The zero-order chi connectivity index (χ0) is 31.0. The van der Waals surface area contributed by atoms with E-state index in [2.05, 4.69) is 21.2 Å². The van der Waals surface area contributed by atoms with Crippen molar-refractivity contribution in [3.05, 3.63) is 130 Å². The minimum Gasteiger partial charge on any atom is -0.352 e. The van der Waals surface area contributed by atoms with Crippen molar-refractivity contribution in [1.82, 2.24) is 10.2 Å². The molecule has 0 aliphatic heterocycles. The molecular weight excluding hydrogens is 650 g/mol. The van der Waals surface area contributed by atoms with E-state index in [-0.39, 0.29) is 35.5 Å². The first-order chi connectivity index (χ1) is 20.5. The van der Waals surface area contributed by atoms with Gasteiger partial charge in [0.15, 0.2) is 0 Å². The SMILES string of the molecule is CC(C)NC(=O)C(Cc1ccccc1)N(Cc1ccc(Br)cc1)C(=O)CN(c1ccc(Cl)cc1)S(=O)(=O)c1ccccc1. The number of carbonyl (C=O) groups is 2. The highest BCUT2D eigenvalue weighted by Gasteiger charge is 2.34. The Hall–Kier alpha value is -3.66. The first-order valence-corrected chi connectivity index (χ1v) is 16.4. The van der Waals surface area contributed by atoms with E-state index in [1.54, 1.807) is 42.5 Å². The predicted molar refractivity (Wildman–Crippen MR) is 174 cm³/mol. The summed E-state index contributed by atoms with van der Waals surface area (Å²) in [5, 5.41) is 3.38. The number of benzene rings is 4. The second-order valence-corrected chi connectivity index (χ2v) is 13.5. The molecule has 0 aliphatic carbocycles. The summed E-state index contributed by atoms with van der Waals surface area (Å²) < 4.78 is 29.8. The van der Waals surface area contributed by atoms with Crippen molar-refractivity contribution in [2.45, 2.75) is 43.8 Å². The smallest absolute Gasteiger partial charge is 0.264 e. The van der Waals surface area contributed by atoms with Crippen LogP contribution in [-0.4, -0.2) is 43.8 Å². The molecule has 0 bridgehead atoms. The van der Waals surface area contributed by atoms with Gasteiger partial charge in [-0.1, -0.05) is 88.2 Å². The minimum absolute atomic E-state index is 0.0376. The average Bonchev–Trinajstić information content (AvgIpc) is 2.99. The molecule has 1 unspecified atom stereocenters. The van der Waals surface area contributed by atoms with Crippen LogP contribution in [0, 0.1) is 0 Å². The predicted octanol–water partition coefficient (Wildman–Crippen LogP) is 6.46. The summed E-state index contributed by atoms with van der Waals surface area (Å²) >= 11 is 9.55. The monoisotopic (exact) mass is 681 g/mol. The van der Waals surface area contributed by atoms with Gasteiger partial charge in [-0.15, -0.1) is 0 Å². The van der Waals surface area contributed by atoms with Gasteiger partial charge in [0.2, 0.25) is 11.8 Å². The molecule has 7 nitrogen and oxygen atoms in total. The third kappa shape index (κ3) is 8.69. The fraction of sp³-hybridized carbons (Fsp3) is 0.212. The number of carbonyl (C=O) groups excluding carboxylic acids is 2. The highest BCUT2D eigenvalue weighted by Crippen LogP contribution is 2.26. The summed E-state index contributed by atoms with van der Waals surface area (Å²) in [6, 6.07) is 30.0. The minimum atomic E-state index is -4.16. The third-order valence-corrected chi connectivity index (χ3v) is 9.26. The molecule has 1 N–H and O–H groups in total. The second kappa shape index (κ2) is 14.7. The molecule has 0 aromatic heterocycles. The van der Waals surface area contributed by atoms with E-state index in [9.17, 15) is 18.0 Å². The molecule has 10 heteroatoms. The number of nitrogens with zero attached hydrogens (tertiary/aromatic N) is 2. The molecule has 0 spiro atoms. The van der Waals surface area contributed by atoms with Crippen molar-refractivity contribution in [1.29, 1.82) is 0 Å². The molecule has 4 rings (SSSR count). The summed E-state index contributed by atoms with van der Waals surface area (Å²) in [4.78, 5) is 29.6. The lowest BCUT2D eigenvalue weighted by atomic mass is 10.0. The molecule has 1 atom stereocenters. The molecule has 43 heavy (non-hydrogen) atoms. The Morgan fingerprint density at radius 1 is 0.814 bits per heavy atom. The summed E-state index contributed by atoms with van der Waals surface area (Å²) in [6.45, 7) is 3.27. The zero-order valence-electron chi connectivity index (χ0n) is 23.9. The average molecular weight is 683 g/mol. The van der Waals surface area contributed by atoms with Crippen molar-refractivity contribution in [3.8, 4) is 0 Å². The molecule has 4 aromatic carbocycles. The standard InChI is InChI=1S/C33H33BrClN3O4S/c1-24(2)36-33(40)31(21-25-9-5-3-6-10-25)37(22-26-13-15-27(34)16-14-26)32(39)23-38(29-19-17-28(35)18-20-29)43(41,42)30-11-7-4-8-12-30/h3-20,24,31H,21-23H2,1-2H3,(H,36,40). The number of hydrogen-bond donors (Lipinski definition) is 1. The Morgan fingerprint density at radius 3 is 1.98 bits per heavy atom. The van der Waals surface area contributed by atoms with Crippen LogP contribution in [0.1, 0.15) is 25.0 Å². The van der Waals surface area contributed by atoms with Crippen LogP contribution in [0.15, 0.2) is 119 Å². The molecule has 0 saturated heterocycles. The van der Waals surface area contributed by atoms with E-state index in [1.165, 1.54) is 17.0 Å². The lowest BCUT2D eigenvalue weighted by Gasteiger charge is -2.34. The van der Waals surface area contributed by atoms with E-state index in [1.807, 2.05) is 68.4 Å². The third-order valence-electron chi connectivity index (χ3n) is 6.69. The normalized spacial score (nSPS) is 12.0. The molecule has 4 aromatic rings. The van der Waals surface area contributed by atoms with Gasteiger partial charge < -0.3 is 10.2 Å². The van der Waals surface area contributed by atoms with Crippen LogP contribution < -0.4 is 9.62 Å². The highest BCUT2D eigenvalue weighted by atomic mass is 79.9. The molecule has 0 radical (unpaired) electrons. The van der Waals surface area contributed by atoms with Gasteiger partial charge in [0.05, 0.1) is 10.6 Å². The maximum absolute atomic E-state index is 14.4. The molecule has 224 valence electrons.